The minimum atomic E-state index is 0.699. The monoisotopic (exact) mass is 212 g/mol. The molecule has 2 aromatic rings. The molecule has 0 bridgehead atoms. The zero-order chi connectivity index (χ0) is 11.4. The number of nitrogens with zero attached hydrogens (tertiary/aromatic N) is 1. The highest BCUT2D eigenvalue weighted by Crippen LogP contribution is 2.15. The Kier molecular flexibility index (Phi) is 3.32. The molecule has 1 heterocycles. The molecule has 2 heteroatoms. The van der Waals surface area contributed by atoms with Crippen LogP contribution in [-0.4, -0.2) is 11.5 Å². The standard InChI is InChI=1S/C14H16N2/c1-11-5-7-13-10-12(4-2-3-9-15)6-8-14(13)16-11/h2,4-8,10H,3,9,15H2,1H3. The average molecular weight is 212 g/mol. The lowest BCUT2D eigenvalue weighted by molar-refractivity contribution is 1.01. The van der Waals surface area contributed by atoms with Gasteiger partial charge in [-0.05, 0) is 43.7 Å². The first-order valence-electron chi connectivity index (χ1n) is 5.53. The molecule has 2 nitrogen and oxygen atoms in total. The van der Waals surface area contributed by atoms with Gasteiger partial charge in [-0.3, -0.25) is 4.98 Å². The Morgan fingerprint density at radius 2 is 2.12 bits per heavy atom. The molecule has 0 saturated heterocycles. The molecule has 1 aromatic carbocycles. The summed E-state index contributed by atoms with van der Waals surface area (Å²) in [6.07, 6.45) is 5.12. The van der Waals surface area contributed by atoms with E-state index in [1.54, 1.807) is 0 Å². The van der Waals surface area contributed by atoms with Crippen LogP contribution in [-0.2, 0) is 0 Å². The summed E-state index contributed by atoms with van der Waals surface area (Å²) in [5.41, 5.74) is 8.75. The van der Waals surface area contributed by atoms with Gasteiger partial charge in [-0.2, -0.15) is 0 Å². The lowest BCUT2D eigenvalue weighted by Gasteiger charge is -2.00. The molecule has 0 atom stereocenters. The van der Waals surface area contributed by atoms with Crippen molar-refractivity contribution in [3.05, 3.63) is 47.7 Å². The van der Waals surface area contributed by atoms with E-state index < -0.39 is 0 Å². The maximum Gasteiger partial charge on any atom is 0.0705 e. The summed E-state index contributed by atoms with van der Waals surface area (Å²) < 4.78 is 0. The lowest BCUT2D eigenvalue weighted by Crippen LogP contribution is -1.94. The second-order valence-electron chi connectivity index (χ2n) is 3.88. The van der Waals surface area contributed by atoms with Gasteiger partial charge >= 0.3 is 0 Å². The number of aryl methyl sites for hydroxylation is 1. The fourth-order valence-electron chi connectivity index (χ4n) is 1.67. The Morgan fingerprint density at radius 1 is 1.25 bits per heavy atom. The average Bonchev–Trinajstić information content (AvgIpc) is 2.29. The van der Waals surface area contributed by atoms with Crippen molar-refractivity contribution in [3.63, 3.8) is 0 Å². The van der Waals surface area contributed by atoms with Gasteiger partial charge in [0.2, 0.25) is 0 Å². The highest BCUT2D eigenvalue weighted by Gasteiger charge is 1.95. The van der Waals surface area contributed by atoms with Crippen molar-refractivity contribution in [3.8, 4) is 0 Å². The van der Waals surface area contributed by atoms with Gasteiger partial charge in [0.15, 0.2) is 0 Å². The number of fused-ring (bicyclic) bond motifs is 1. The van der Waals surface area contributed by atoms with Crippen molar-refractivity contribution in [1.29, 1.82) is 0 Å². The fourth-order valence-corrected chi connectivity index (χ4v) is 1.67. The highest BCUT2D eigenvalue weighted by molar-refractivity contribution is 5.81. The van der Waals surface area contributed by atoms with E-state index in [4.69, 9.17) is 5.73 Å². The highest BCUT2D eigenvalue weighted by atomic mass is 14.7. The van der Waals surface area contributed by atoms with E-state index in [9.17, 15) is 0 Å². The molecule has 82 valence electrons. The molecule has 0 saturated carbocycles. The summed E-state index contributed by atoms with van der Waals surface area (Å²) in [5.74, 6) is 0. The number of pyridine rings is 1. The van der Waals surface area contributed by atoms with E-state index >= 15 is 0 Å². The minimum Gasteiger partial charge on any atom is -0.330 e. The van der Waals surface area contributed by atoms with Crippen LogP contribution in [0.1, 0.15) is 17.7 Å². The zero-order valence-corrected chi connectivity index (χ0v) is 9.48. The Balaban J connectivity index is 2.33. The predicted octanol–water partition coefficient (Wildman–Crippen LogP) is 2.91. The molecule has 0 radical (unpaired) electrons. The molecular weight excluding hydrogens is 196 g/mol. The van der Waals surface area contributed by atoms with Crippen LogP contribution in [0.3, 0.4) is 0 Å². The normalized spacial score (nSPS) is 11.4. The number of benzene rings is 1. The quantitative estimate of drug-likeness (QED) is 0.849. The van der Waals surface area contributed by atoms with Crippen LogP contribution in [0.2, 0.25) is 0 Å². The molecule has 2 N–H and O–H groups in total. The molecular formula is C14H16N2. The van der Waals surface area contributed by atoms with Gasteiger partial charge in [-0.15, -0.1) is 0 Å². The molecule has 0 amide bonds. The van der Waals surface area contributed by atoms with Gasteiger partial charge in [0.25, 0.3) is 0 Å². The second-order valence-corrected chi connectivity index (χ2v) is 3.88. The zero-order valence-electron chi connectivity index (χ0n) is 9.48. The molecule has 0 aliphatic rings. The van der Waals surface area contributed by atoms with Crippen LogP contribution in [0.5, 0.6) is 0 Å². The maximum absolute atomic E-state index is 5.44. The molecule has 0 unspecified atom stereocenters. The van der Waals surface area contributed by atoms with Gasteiger partial charge < -0.3 is 5.73 Å². The molecule has 0 aliphatic carbocycles. The van der Waals surface area contributed by atoms with Crippen LogP contribution in [0.15, 0.2) is 36.4 Å². The topological polar surface area (TPSA) is 38.9 Å². The van der Waals surface area contributed by atoms with Crippen molar-refractivity contribution in [2.75, 3.05) is 6.54 Å². The first-order chi connectivity index (χ1) is 7.79. The number of nitrogens with two attached hydrogens (primary N) is 1. The van der Waals surface area contributed by atoms with E-state index in [1.807, 2.05) is 13.0 Å². The Morgan fingerprint density at radius 3 is 2.94 bits per heavy atom. The van der Waals surface area contributed by atoms with Crippen LogP contribution in [0.25, 0.3) is 17.0 Å². The van der Waals surface area contributed by atoms with Crippen molar-refractivity contribution in [2.45, 2.75) is 13.3 Å². The van der Waals surface area contributed by atoms with E-state index in [-0.39, 0.29) is 0 Å². The summed E-state index contributed by atoms with van der Waals surface area (Å²) >= 11 is 0. The maximum atomic E-state index is 5.44. The van der Waals surface area contributed by atoms with Crippen molar-refractivity contribution in [1.82, 2.24) is 4.98 Å². The van der Waals surface area contributed by atoms with Crippen LogP contribution >= 0.6 is 0 Å². The molecule has 0 fully saturated rings. The van der Waals surface area contributed by atoms with Crippen molar-refractivity contribution in [2.24, 2.45) is 5.73 Å². The number of hydrogen-bond donors (Lipinski definition) is 1. The van der Waals surface area contributed by atoms with E-state index in [2.05, 4.69) is 41.4 Å². The smallest absolute Gasteiger partial charge is 0.0705 e. The number of aromatic nitrogens is 1. The summed E-state index contributed by atoms with van der Waals surface area (Å²) in [6, 6.07) is 10.4. The van der Waals surface area contributed by atoms with Gasteiger partial charge in [-0.1, -0.05) is 24.3 Å². The largest absolute Gasteiger partial charge is 0.330 e. The van der Waals surface area contributed by atoms with Crippen LogP contribution < -0.4 is 5.73 Å². The third-order valence-electron chi connectivity index (χ3n) is 2.50. The second kappa shape index (κ2) is 4.90. The predicted molar refractivity (Wildman–Crippen MR) is 69.2 cm³/mol. The Bertz CT molecular complexity index is 515. The molecule has 16 heavy (non-hydrogen) atoms. The van der Waals surface area contributed by atoms with Gasteiger partial charge in [0.1, 0.15) is 0 Å². The third kappa shape index (κ3) is 2.47. The molecule has 2 rings (SSSR count). The van der Waals surface area contributed by atoms with Crippen molar-refractivity contribution < 1.29 is 0 Å². The Labute approximate surface area is 95.8 Å². The minimum absolute atomic E-state index is 0.699. The van der Waals surface area contributed by atoms with Gasteiger partial charge in [-0.25, -0.2) is 0 Å². The number of rotatable bonds is 3. The van der Waals surface area contributed by atoms with Crippen LogP contribution in [0.4, 0.5) is 0 Å². The van der Waals surface area contributed by atoms with Crippen LogP contribution in [0, 0.1) is 6.92 Å². The van der Waals surface area contributed by atoms with Gasteiger partial charge in [0, 0.05) is 11.1 Å². The first-order valence-corrected chi connectivity index (χ1v) is 5.53. The third-order valence-corrected chi connectivity index (χ3v) is 2.50. The summed E-state index contributed by atoms with van der Waals surface area (Å²) in [5, 5.41) is 1.18. The summed E-state index contributed by atoms with van der Waals surface area (Å²) in [6.45, 7) is 2.71. The summed E-state index contributed by atoms with van der Waals surface area (Å²) in [4.78, 5) is 4.47. The molecule has 0 spiro atoms. The molecule has 1 aromatic heterocycles. The van der Waals surface area contributed by atoms with E-state index in [0.717, 1.165) is 17.6 Å². The SMILES string of the molecule is Cc1ccc2cc(C=CCCN)ccc2n1. The fraction of sp³-hybridized carbons (Fsp3) is 0.214. The molecule has 0 aliphatic heterocycles. The summed E-state index contributed by atoms with van der Waals surface area (Å²) in [7, 11) is 0. The lowest BCUT2D eigenvalue weighted by atomic mass is 10.1. The van der Waals surface area contributed by atoms with Gasteiger partial charge in [0.05, 0.1) is 5.52 Å². The van der Waals surface area contributed by atoms with Crippen molar-refractivity contribution >= 4 is 17.0 Å². The van der Waals surface area contributed by atoms with E-state index in [1.165, 1.54) is 10.9 Å². The number of hydrogen-bond acceptors (Lipinski definition) is 2. The Hall–Kier alpha value is -1.67. The van der Waals surface area contributed by atoms with E-state index in [0.29, 0.717) is 6.54 Å². The first kappa shape index (κ1) is 10.8.